The summed E-state index contributed by atoms with van der Waals surface area (Å²) in [7, 11) is 0. The summed E-state index contributed by atoms with van der Waals surface area (Å²) in [5, 5.41) is 9.04. The molecule has 1 amide bonds. The Labute approximate surface area is 150 Å². The fourth-order valence-corrected chi connectivity index (χ4v) is 3.04. The van der Waals surface area contributed by atoms with Crippen molar-refractivity contribution in [3.05, 3.63) is 77.4 Å². The summed E-state index contributed by atoms with van der Waals surface area (Å²) in [6, 6.07) is 18.6. The lowest BCUT2D eigenvalue weighted by Crippen LogP contribution is -2.19. The summed E-state index contributed by atoms with van der Waals surface area (Å²) >= 11 is 0. The Balaban J connectivity index is 1.90. The van der Waals surface area contributed by atoms with Gasteiger partial charge in [-0.25, -0.2) is 5.48 Å². The molecular formula is C21H16N2O3. The Morgan fingerprint density at radius 3 is 2.65 bits per heavy atom. The van der Waals surface area contributed by atoms with Crippen LogP contribution in [0.4, 0.5) is 5.69 Å². The second-order valence-corrected chi connectivity index (χ2v) is 6.04. The van der Waals surface area contributed by atoms with Crippen LogP contribution in [0.1, 0.15) is 21.5 Å². The minimum atomic E-state index is -0.566. The third kappa shape index (κ3) is 2.74. The normalized spacial score (nSPS) is 11.8. The molecule has 0 saturated heterocycles. The van der Waals surface area contributed by atoms with Gasteiger partial charge in [0, 0.05) is 17.3 Å². The number of hydrogen-bond donors (Lipinski definition) is 2. The van der Waals surface area contributed by atoms with Gasteiger partial charge in [0.2, 0.25) is 0 Å². The fraction of sp³-hybridized carbons (Fsp3) is 0.0476. The second kappa shape index (κ2) is 6.46. The Bertz CT molecular complexity index is 1040. The number of nitrogens with zero attached hydrogens (tertiary/aromatic N) is 1. The molecule has 3 aromatic carbocycles. The van der Waals surface area contributed by atoms with Crippen molar-refractivity contribution < 1.29 is 14.7 Å². The summed E-state index contributed by atoms with van der Waals surface area (Å²) in [5.74, 6) is 0.779. The maximum absolute atomic E-state index is 12.0. The number of amides is 1. The Hall–Kier alpha value is -3.44. The van der Waals surface area contributed by atoms with Crippen LogP contribution >= 0.6 is 0 Å². The van der Waals surface area contributed by atoms with Crippen molar-refractivity contribution in [1.29, 1.82) is 0 Å². The van der Waals surface area contributed by atoms with E-state index in [4.69, 9.17) is 9.94 Å². The molecule has 4 rings (SSSR count). The quantitative estimate of drug-likeness (QED) is 0.411. The Kier molecular flexibility index (Phi) is 3.99. The van der Waals surface area contributed by atoms with Crippen molar-refractivity contribution >= 4 is 17.8 Å². The van der Waals surface area contributed by atoms with Gasteiger partial charge in [-0.2, -0.15) is 0 Å². The lowest BCUT2D eigenvalue weighted by molar-refractivity contribution is 0.0707. The van der Waals surface area contributed by atoms with Crippen LogP contribution in [0.3, 0.4) is 0 Å². The molecular weight excluding hydrogens is 328 g/mol. The molecule has 1 aliphatic rings. The van der Waals surface area contributed by atoms with Crippen LogP contribution in [-0.4, -0.2) is 17.3 Å². The van der Waals surface area contributed by atoms with E-state index < -0.39 is 5.91 Å². The lowest BCUT2D eigenvalue weighted by atomic mass is 9.95. The molecule has 0 spiro atoms. The minimum Gasteiger partial charge on any atom is -0.454 e. The van der Waals surface area contributed by atoms with Gasteiger partial charge in [-0.1, -0.05) is 36.4 Å². The number of ether oxygens (including phenoxy) is 1. The molecule has 1 aliphatic heterocycles. The molecule has 0 radical (unpaired) electrons. The van der Waals surface area contributed by atoms with E-state index in [2.05, 4.69) is 4.99 Å². The average molecular weight is 344 g/mol. The number of hydrogen-bond acceptors (Lipinski definition) is 4. The third-order valence-electron chi connectivity index (χ3n) is 4.30. The van der Waals surface area contributed by atoms with Gasteiger partial charge in [-0.05, 0) is 47.9 Å². The number of rotatable bonds is 2. The number of aliphatic imine (C=N–C) groups is 1. The topological polar surface area (TPSA) is 70.9 Å². The number of benzene rings is 3. The molecule has 0 saturated carbocycles. The monoisotopic (exact) mass is 344 g/mol. The van der Waals surface area contributed by atoms with Gasteiger partial charge in [0.1, 0.15) is 11.4 Å². The highest BCUT2D eigenvalue weighted by Gasteiger charge is 2.19. The van der Waals surface area contributed by atoms with E-state index in [9.17, 15) is 4.79 Å². The largest absolute Gasteiger partial charge is 0.454 e. The van der Waals surface area contributed by atoms with Crippen molar-refractivity contribution in [1.82, 2.24) is 5.48 Å². The van der Waals surface area contributed by atoms with Crippen LogP contribution in [0.15, 0.2) is 65.7 Å². The zero-order valence-corrected chi connectivity index (χ0v) is 14.1. The van der Waals surface area contributed by atoms with E-state index in [1.54, 1.807) is 23.8 Å². The molecule has 0 atom stereocenters. The van der Waals surface area contributed by atoms with Crippen molar-refractivity contribution in [3.63, 3.8) is 0 Å². The van der Waals surface area contributed by atoms with E-state index in [0.717, 1.165) is 22.4 Å². The van der Waals surface area contributed by atoms with Gasteiger partial charge in [-0.15, -0.1) is 0 Å². The van der Waals surface area contributed by atoms with Crippen LogP contribution < -0.4 is 10.2 Å². The number of carbonyl (C=O) groups is 1. The van der Waals surface area contributed by atoms with E-state index in [1.807, 2.05) is 55.5 Å². The smallest absolute Gasteiger partial charge is 0.275 e. The predicted octanol–water partition coefficient (Wildman–Crippen LogP) is 4.64. The molecule has 0 unspecified atom stereocenters. The van der Waals surface area contributed by atoms with Crippen LogP contribution in [0.5, 0.6) is 11.5 Å². The molecule has 5 nitrogen and oxygen atoms in total. The number of fused-ring (bicyclic) bond motifs is 2. The van der Waals surface area contributed by atoms with Crippen LogP contribution in [0.25, 0.3) is 11.1 Å². The molecule has 3 aromatic rings. The zero-order valence-electron chi connectivity index (χ0n) is 14.1. The number of nitrogens with one attached hydrogen (secondary N) is 1. The molecule has 2 N–H and O–H groups in total. The predicted molar refractivity (Wildman–Crippen MR) is 99.6 cm³/mol. The van der Waals surface area contributed by atoms with E-state index in [0.29, 0.717) is 22.6 Å². The number of carbonyl (C=O) groups excluding carboxylic acids is 1. The first-order valence-corrected chi connectivity index (χ1v) is 8.17. The van der Waals surface area contributed by atoms with Gasteiger partial charge in [0.05, 0.1) is 0 Å². The summed E-state index contributed by atoms with van der Waals surface area (Å²) in [6.45, 7) is 2.00. The molecule has 1 heterocycles. The first-order valence-electron chi connectivity index (χ1n) is 8.17. The second-order valence-electron chi connectivity index (χ2n) is 6.04. The molecule has 26 heavy (non-hydrogen) atoms. The van der Waals surface area contributed by atoms with Gasteiger partial charge in [-0.3, -0.25) is 15.0 Å². The van der Waals surface area contributed by atoms with Crippen molar-refractivity contribution in [2.45, 2.75) is 6.92 Å². The minimum absolute atomic E-state index is 0.370. The maximum Gasteiger partial charge on any atom is 0.275 e. The standard InChI is InChI=1S/C21H16N2O3/c1-13-9-10-20-18(11-13)22-12-17-15(7-4-8-19(17)26-20)14-5-2-3-6-16(14)21(24)23-25/h2-12,25H,1H3,(H,23,24). The van der Waals surface area contributed by atoms with E-state index in [-0.39, 0.29) is 0 Å². The van der Waals surface area contributed by atoms with E-state index >= 15 is 0 Å². The molecule has 0 fully saturated rings. The molecule has 0 bridgehead atoms. The number of hydroxylamine groups is 1. The van der Waals surface area contributed by atoms with Crippen LogP contribution in [0, 0.1) is 6.92 Å². The van der Waals surface area contributed by atoms with Crippen molar-refractivity contribution in [3.8, 4) is 22.6 Å². The van der Waals surface area contributed by atoms with Gasteiger partial charge in [0.25, 0.3) is 5.91 Å². The fourth-order valence-electron chi connectivity index (χ4n) is 3.04. The summed E-state index contributed by atoms with van der Waals surface area (Å²) in [5.41, 5.74) is 6.19. The average Bonchev–Trinajstić information content (AvgIpc) is 2.86. The third-order valence-corrected chi connectivity index (χ3v) is 4.30. The summed E-state index contributed by atoms with van der Waals surface area (Å²) < 4.78 is 6.07. The lowest BCUT2D eigenvalue weighted by Gasteiger charge is -2.13. The highest BCUT2D eigenvalue weighted by molar-refractivity contribution is 6.04. The van der Waals surface area contributed by atoms with Crippen LogP contribution in [-0.2, 0) is 0 Å². The van der Waals surface area contributed by atoms with Gasteiger partial charge >= 0.3 is 0 Å². The Morgan fingerprint density at radius 1 is 1.00 bits per heavy atom. The maximum atomic E-state index is 12.0. The molecule has 0 aromatic heterocycles. The molecule has 128 valence electrons. The van der Waals surface area contributed by atoms with E-state index in [1.165, 1.54) is 0 Å². The first-order chi connectivity index (χ1) is 12.7. The van der Waals surface area contributed by atoms with Gasteiger partial charge in [0.15, 0.2) is 5.75 Å². The summed E-state index contributed by atoms with van der Waals surface area (Å²) in [6.07, 6.45) is 1.75. The molecule has 5 heteroatoms. The SMILES string of the molecule is Cc1ccc2c(c1)N=Cc1c(cccc1-c1ccccc1C(=O)NO)O2. The zero-order chi connectivity index (χ0) is 18.1. The number of aryl methyl sites for hydroxylation is 1. The summed E-state index contributed by atoms with van der Waals surface area (Å²) in [4.78, 5) is 16.6. The van der Waals surface area contributed by atoms with Gasteiger partial charge < -0.3 is 4.74 Å². The first kappa shape index (κ1) is 16.1. The van der Waals surface area contributed by atoms with Crippen molar-refractivity contribution in [2.75, 3.05) is 0 Å². The highest BCUT2D eigenvalue weighted by Crippen LogP contribution is 2.40. The highest BCUT2D eigenvalue weighted by atomic mass is 16.5. The Morgan fingerprint density at radius 2 is 1.81 bits per heavy atom. The van der Waals surface area contributed by atoms with Crippen molar-refractivity contribution in [2.24, 2.45) is 4.99 Å². The molecule has 0 aliphatic carbocycles. The van der Waals surface area contributed by atoms with Crippen LogP contribution in [0.2, 0.25) is 0 Å².